The Bertz CT molecular complexity index is 769. The van der Waals surface area contributed by atoms with Gasteiger partial charge >= 0.3 is 0 Å². The fraction of sp³-hybridized carbons (Fsp3) is 0.316. The molecule has 0 fully saturated rings. The van der Waals surface area contributed by atoms with E-state index in [0.29, 0.717) is 28.2 Å². The second-order valence-corrected chi connectivity index (χ2v) is 6.84. The molecule has 2 aromatic rings. The Labute approximate surface area is 166 Å². The van der Waals surface area contributed by atoms with Crippen LogP contribution in [0.4, 0.5) is 0 Å². The summed E-state index contributed by atoms with van der Waals surface area (Å²) < 4.78 is 17.0. The molecule has 0 heterocycles. The minimum absolute atomic E-state index is 0.200. The smallest absolute Gasteiger partial charge is 0.260 e. The van der Waals surface area contributed by atoms with Crippen molar-refractivity contribution in [1.82, 2.24) is 5.32 Å². The molecule has 0 radical (unpaired) electrons. The Morgan fingerprint density at radius 3 is 2.54 bits per heavy atom. The maximum Gasteiger partial charge on any atom is 0.260 e. The summed E-state index contributed by atoms with van der Waals surface area (Å²) in [6, 6.07) is 10.7. The van der Waals surface area contributed by atoms with Crippen LogP contribution in [0.3, 0.4) is 0 Å². The molecule has 0 aliphatic rings. The van der Waals surface area contributed by atoms with E-state index in [1.165, 1.54) is 0 Å². The lowest BCUT2D eigenvalue weighted by atomic mass is 10.1. The van der Waals surface area contributed by atoms with Gasteiger partial charge in [-0.1, -0.05) is 11.6 Å². The number of ether oxygens (including phenoxy) is 3. The first kappa shape index (κ1) is 20.4. The third-order valence-corrected chi connectivity index (χ3v) is 4.60. The van der Waals surface area contributed by atoms with Crippen LogP contribution < -0.4 is 19.5 Å². The lowest BCUT2D eigenvalue weighted by molar-refractivity contribution is -0.127. The molecule has 140 valence electrons. The highest BCUT2D eigenvalue weighted by Gasteiger charge is 2.16. The van der Waals surface area contributed by atoms with Crippen LogP contribution in [0.2, 0.25) is 5.02 Å². The fourth-order valence-electron chi connectivity index (χ4n) is 2.36. The summed E-state index contributed by atoms with van der Waals surface area (Å²) in [7, 11) is 3.23. The van der Waals surface area contributed by atoms with Crippen molar-refractivity contribution in [2.24, 2.45) is 0 Å². The number of halogens is 2. The van der Waals surface area contributed by atoms with E-state index in [4.69, 9.17) is 25.8 Å². The summed E-state index contributed by atoms with van der Waals surface area (Å²) in [4.78, 5) is 12.3. The normalized spacial score (nSPS) is 11.6. The van der Waals surface area contributed by atoms with Crippen LogP contribution in [0.15, 0.2) is 40.9 Å². The predicted molar refractivity (Wildman–Crippen MR) is 106 cm³/mol. The van der Waals surface area contributed by atoms with Crippen LogP contribution in [-0.4, -0.2) is 32.8 Å². The van der Waals surface area contributed by atoms with Crippen LogP contribution in [-0.2, 0) is 11.2 Å². The number of benzene rings is 2. The quantitative estimate of drug-likeness (QED) is 0.664. The van der Waals surface area contributed by atoms with E-state index in [0.717, 1.165) is 17.1 Å². The molecule has 1 unspecified atom stereocenters. The third kappa shape index (κ3) is 5.54. The molecule has 0 bridgehead atoms. The molecule has 0 saturated heterocycles. The summed E-state index contributed by atoms with van der Waals surface area (Å²) in [5.41, 5.74) is 0.959. The Morgan fingerprint density at radius 1 is 1.15 bits per heavy atom. The van der Waals surface area contributed by atoms with Gasteiger partial charge < -0.3 is 19.5 Å². The zero-order chi connectivity index (χ0) is 19.1. The molecular formula is C19H21BrClNO4. The third-order valence-electron chi connectivity index (χ3n) is 3.75. The number of rotatable bonds is 8. The molecule has 0 saturated carbocycles. The zero-order valence-electron chi connectivity index (χ0n) is 14.8. The van der Waals surface area contributed by atoms with Gasteiger partial charge in [-0.3, -0.25) is 4.79 Å². The first-order chi connectivity index (χ1) is 12.4. The van der Waals surface area contributed by atoms with Crippen molar-refractivity contribution < 1.29 is 19.0 Å². The van der Waals surface area contributed by atoms with Gasteiger partial charge in [0.05, 0.1) is 18.7 Å². The standard InChI is InChI=1S/C19H21BrClNO4/c1-12(26-18-6-4-14(21)11-16(18)20)19(23)22-9-8-13-10-15(24-2)5-7-17(13)25-3/h4-7,10-12H,8-9H2,1-3H3,(H,22,23). The first-order valence-electron chi connectivity index (χ1n) is 8.05. The van der Waals surface area contributed by atoms with Gasteiger partial charge in [0.25, 0.3) is 5.91 Å². The Kier molecular flexibility index (Phi) is 7.60. The topological polar surface area (TPSA) is 56.8 Å². The molecule has 1 atom stereocenters. The molecule has 5 nitrogen and oxygen atoms in total. The number of methoxy groups -OCH3 is 2. The summed E-state index contributed by atoms with van der Waals surface area (Å²) in [5, 5.41) is 3.46. The van der Waals surface area contributed by atoms with E-state index in [-0.39, 0.29) is 5.91 Å². The Balaban J connectivity index is 1.90. The van der Waals surface area contributed by atoms with Crippen molar-refractivity contribution in [2.45, 2.75) is 19.4 Å². The molecule has 2 aromatic carbocycles. The average molecular weight is 443 g/mol. The molecule has 0 spiro atoms. The van der Waals surface area contributed by atoms with E-state index < -0.39 is 6.10 Å². The molecule has 7 heteroatoms. The van der Waals surface area contributed by atoms with Crippen molar-refractivity contribution in [1.29, 1.82) is 0 Å². The molecule has 2 rings (SSSR count). The highest BCUT2D eigenvalue weighted by atomic mass is 79.9. The maximum atomic E-state index is 12.3. The van der Waals surface area contributed by atoms with Crippen molar-refractivity contribution in [3.63, 3.8) is 0 Å². The summed E-state index contributed by atoms with van der Waals surface area (Å²) in [5.74, 6) is 1.87. The average Bonchev–Trinajstić information content (AvgIpc) is 2.63. The summed E-state index contributed by atoms with van der Waals surface area (Å²) in [6.45, 7) is 2.15. The lowest BCUT2D eigenvalue weighted by Crippen LogP contribution is -2.37. The van der Waals surface area contributed by atoms with Gasteiger partial charge in [0.1, 0.15) is 17.2 Å². The van der Waals surface area contributed by atoms with Crippen LogP contribution in [0, 0.1) is 0 Å². The van der Waals surface area contributed by atoms with Gasteiger partial charge in [-0.2, -0.15) is 0 Å². The molecule has 26 heavy (non-hydrogen) atoms. The predicted octanol–water partition coefficient (Wildman–Crippen LogP) is 4.25. The molecule has 1 N–H and O–H groups in total. The van der Waals surface area contributed by atoms with Gasteiger partial charge in [0.15, 0.2) is 6.10 Å². The fourth-order valence-corrected chi connectivity index (χ4v) is 3.13. The van der Waals surface area contributed by atoms with Crippen molar-refractivity contribution in [3.8, 4) is 17.2 Å². The number of carbonyl (C=O) groups is 1. The Morgan fingerprint density at radius 2 is 1.88 bits per heavy atom. The van der Waals surface area contributed by atoms with Crippen molar-refractivity contribution in [3.05, 3.63) is 51.5 Å². The lowest BCUT2D eigenvalue weighted by Gasteiger charge is -2.16. The van der Waals surface area contributed by atoms with Gasteiger partial charge in [-0.05, 0) is 71.2 Å². The second kappa shape index (κ2) is 9.69. The number of nitrogens with one attached hydrogen (secondary N) is 1. The minimum Gasteiger partial charge on any atom is -0.497 e. The monoisotopic (exact) mass is 441 g/mol. The molecule has 0 aromatic heterocycles. The molecular weight excluding hydrogens is 422 g/mol. The van der Waals surface area contributed by atoms with Crippen LogP contribution in [0.1, 0.15) is 12.5 Å². The van der Waals surface area contributed by atoms with E-state index in [1.807, 2.05) is 18.2 Å². The summed E-state index contributed by atoms with van der Waals surface area (Å²) in [6.07, 6.45) is -0.0246. The van der Waals surface area contributed by atoms with Crippen molar-refractivity contribution >= 4 is 33.4 Å². The first-order valence-corrected chi connectivity index (χ1v) is 9.22. The zero-order valence-corrected chi connectivity index (χ0v) is 17.2. The van der Waals surface area contributed by atoms with Gasteiger partial charge in [0, 0.05) is 11.6 Å². The largest absolute Gasteiger partial charge is 0.497 e. The van der Waals surface area contributed by atoms with E-state index in [9.17, 15) is 4.79 Å². The van der Waals surface area contributed by atoms with Crippen molar-refractivity contribution in [2.75, 3.05) is 20.8 Å². The second-order valence-electron chi connectivity index (χ2n) is 5.55. The number of carbonyl (C=O) groups excluding carboxylic acids is 1. The highest BCUT2D eigenvalue weighted by Crippen LogP contribution is 2.29. The van der Waals surface area contributed by atoms with Gasteiger partial charge in [-0.15, -0.1) is 0 Å². The van der Waals surface area contributed by atoms with E-state index in [1.54, 1.807) is 39.3 Å². The molecule has 0 aliphatic heterocycles. The van der Waals surface area contributed by atoms with Crippen LogP contribution in [0.5, 0.6) is 17.2 Å². The van der Waals surface area contributed by atoms with Crippen LogP contribution >= 0.6 is 27.5 Å². The minimum atomic E-state index is -0.639. The summed E-state index contributed by atoms with van der Waals surface area (Å²) >= 11 is 9.28. The van der Waals surface area contributed by atoms with E-state index >= 15 is 0 Å². The maximum absolute atomic E-state index is 12.3. The molecule has 1 amide bonds. The number of amides is 1. The number of hydrogen-bond donors (Lipinski definition) is 1. The molecule has 0 aliphatic carbocycles. The number of hydrogen-bond acceptors (Lipinski definition) is 4. The van der Waals surface area contributed by atoms with Crippen LogP contribution in [0.25, 0.3) is 0 Å². The Hall–Kier alpha value is -1.92. The van der Waals surface area contributed by atoms with E-state index in [2.05, 4.69) is 21.2 Å². The van der Waals surface area contributed by atoms with Gasteiger partial charge in [-0.25, -0.2) is 0 Å². The van der Waals surface area contributed by atoms with Gasteiger partial charge in [0.2, 0.25) is 0 Å². The SMILES string of the molecule is COc1ccc(OC)c(CCNC(=O)C(C)Oc2ccc(Cl)cc2Br)c1. The highest BCUT2D eigenvalue weighted by molar-refractivity contribution is 9.10.